The van der Waals surface area contributed by atoms with E-state index < -0.39 is 25.9 Å². The first-order valence-corrected chi connectivity index (χ1v) is 7.30. The molecule has 0 aliphatic heterocycles. The molecule has 0 bridgehead atoms. The Bertz CT molecular complexity index is 461. The van der Waals surface area contributed by atoms with Crippen molar-refractivity contribution in [3.63, 3.8) is 0 Å². The van der Waals surface area contributed by atoms with Crippen LogP contribution in [0.15, 0.2) is 24.3 Å². The Labute approximate surface area is 102 Å². The SMILES string of the molecule is CCS(=O)(=O)C(Br)C(O)c1cccc(F)c1. The van der Waals surface area contributed by atoms with E-state index in [1.54, 1.807) is 0 Å². The normalized spacial score (nSPS) is 15.8. The van der Waals surface area contributed by atoms with Gasteiger partial charge >= 0.3 is 0 Å². The van der Waals surface area contributed by atoms with E-state index in [4.69, 9.17) is 0 Å². The maximum absolute atomic E-state index is 12.9. The van der Waals surface area contributed by atoms with Crippen LogP contribution in [0.4, 0.5) is 4.39 Å². The van der Waals surface area contributed by atoms with Crippen molar-refractivity contribution < 1.29 is 17.9 Å². The predicted molar refractivity (Wildman–Crippen MR) is 63.5 cm³/mol. The second-order valence-corrected chi connectivity index (χ2v) is 7.31. The van der Waals surface area contributed by atoms with Crippen molar-refractivity contribution in [3.8, 4) is 0 Å². The largest absolute Gasteiger partial charge is 0.386 e. The highest BCUT2D eigenvalue weighted by Gasteiger charge is 2.29. The van der Waals surface area contributed by atoms with E-state index in [0.29, 0.717) is 0 Å². The molecule has 1 rings (SSSR count). The maximum Gasteiger partial charge on any atom is 0.165 e. The molecule has 0 aromatic heterocycles. The molecule has 2 atom stereocenters. The summed E-state index contributed by atoms with van der Waals surface area (Å²) in [6.45, 7) is 1.49. The Morgan fingerprint density at radius 2 is 2.12 bits per heavy atom. The van der Waals surface area contributed by atoms with Crippen LogP contribution in [-0.2, 0) is 9.84 Å². The molecule has 90 valence electrons. The lowest BCUT2D eigenvalue weighted by molar-refractivity contribution is 0.194. The topological polar surface area (TPSA) is 54.4 Å². The minimum atomic E-state index is -3.41. The monoisotopic (exact) mass is 310 g/mol. The van der Waals surface area contributed by atoms with Gasteiger partial charge in [-0.25, -0.2) is 12.8 Å². The molecule has 0 saturated carbocycles. The summed E-state index contributed by atoms with van der Waals surface area (Å²) < 4.78 is 34.8. The van der Waals surface area contributed by atoms with E-state index in [1.165, 1.54) is 25.1 Å². The van der Waals surface area contributed by atoms with Crippen LogP contribution in [0.1, 0.15) is 18.6 Å². The van der Waals surface area contributed by atoms with Gasteiger partial charge in [-0.3, -0.25) is 0 Å². The number of hydrogen-bond donors (Lipinski definition) is 1. The fourth-order valence-electron chi connectivity index (χ4n) is 1.20. The molecule has 1 N–H and O–H groups in total. The summed E-state index contributed by atoms with van der Waals surface area (Å²) in [5, 5.41) is 9.79. The van der Waals surface area contributed by atoms with Gasteiger partial charge in [0, 0.05) is 5.75 Å². The molecule has 0 heterocycles. The third kappa shape index (κ3) is 3.02. The fraction of sp³-hybridized carbons (Fsp3) is 0.400. The van der Waals surface area contributed by atoms with Crippen molar-refractivity contribution in [2.24, 2.45) is 0 Å². The highest BCUT2D eigenvalue weighted by Crippen LogP contribution is 2.27. The summed E-state index contributed by atoms with van der Waals surface area (Å²) in [7, 11) is -3.41. The Balaban J connectivity index is 2.99. The highest BCUT2D eigenvalue weighted by atomic mass is 79.9. The fourth-order valence-corrected chi connectivity index (χ4v) is 3.16. The third-order valence-corrected chi connectivity index (χ3v) is 6.14. The van der Waals surface area contributed by atoms with Gasteiger partial charge in [-0.2, -0.15) is 0 Å². The van der Waals surface area contributed by atoms with E-state index in [2.05, 4.69) is 15.9 Å². The van der Waals surface area contributed by atoms with Gasteiger partial charge in [0.2, 0.25) is 0 Å². The van der Waals surface area contributed by atoms with Crippen LogP contribution in [0.2, 0.25) is 0 Å². The van der Waals surface area contributed by atoms with Gasteiger partial charge in [0.15, 0.2) is 9.84 Å². The number of aliphatic hydroxyl groups excluding tert-OH is 1. The van der Waals surface area contributed by atoms with Crippen molar-refractivity contribution in [2.75, 3.05) is 5.75 Å². The smallest absolute Gasteiger partial charge is 0.165 e. The van der Waals surface area contributed by atoms with Crippen LogP contribution in [0.3, 0.4) is 0 Å². The second-order valence-electron chi connectivity index (χ2n) is 3.30. The van der Waals surface area contributed by atoms with E-state index in [1.807, 2.05) is 0 Å². The van der Waals surface area contributed by atoms with Gasteiger partial charge in [-0.1, -0.05) is 35.0 Å². The summed E-state index contributed by atoms with van der Waals surface area (Å²) in [6, 6.07) is 5.25. The Morgan fingerprint density at radius 3 is 2.62 bits per heavy atom. The van der Waals surface area contributed by atoms with E-state index in [-0.39, 0.29) is 11.3 Å². The van der Waals surface area contributed by atoms with Crippen molar-refractivity contribution in [2.45, 2.75) is 17.2 Å². The van der Waals surface area contributed by atoms with Crippen LogP contribution in [0.5, 0.6) is 0 Å². The van der Waals surface area contributed by atoms with Crippen LogP contribution < -0.4 is 0 Å². The van der Waals surface area contributed by atoms with E-state index >= 15 is 0 Å². The Hall–Kier alpha value is -0.460. The van der Waals surface area contributed by atoms with Crippen molar-refractivity contribution in [1.29, 1.82) is 0 Å². The van der Waals surface area contributed by atoms with Crippen LogP contribution in [0.25, 0.3) is 0 Å². The molecule has 0 fully saturated rings. The number of hydrogen-bond acceptors (Lipinski definition) is 3. The zero-order chi connectivity index (χ0) is 12.3. The van der Waals surface area contributed by atoms with Crippen LogP contribution in [0, 0.1) is 5.82 Å². The quantitative estimate of drug-likeness (QED) is 0.866. The molecule has 0 aliphatic carbocycles. The number of aliphatic hydroxyl groups is 1. The molecule has 1 aromatic carbocycles. The van der Waals surface area contributed by atoms with E-state index in [9.17, 15) is 17.9 Å². The minimum absolute atomic E-state index is 0.0880. The van der Waals surface area contributed by atoms with Gasteiger partial charge < -0.3 is 5.11 Å². The Kier molecular flexibility index (Phi) is 4.46. The average Bonchev–Trinajstić information content (AvgIpc) is 2.27. The average molecular weight is 311 g/mol. The second kappa shape index (κ2) is 5.25. The van der Waals surface area contributed by atoms with Crippen LogP contribution >= 0.6 is 15.9 Å². The van der Waals surface area contributed by atoms with Crippen LogP contribution in [-0.4, -0.2) is 23.4 Å². The lowest BCUT2D eigenvalue weighted by Gasteiger charge is -2.17. The van der Waals surface area contributed by atoms with Crippen molar-refractivity contribution >= 4 is 25.8 Å². The van der Waals surface area contributed by atoms with Gasteiger partial charge in [0.1, 0.15) is 16.1 Å². The molecule has 2 unspecified atom stereocenters. The van der Waals surface area contributed by atoms with E-state index in [0.717, 1.165) is 6.07 Å². The van der Waals surface area contributed by atoms with Crippen molar-refractivity contribution in [3.05, 3.63) is 35.6 Å². The first-order chi connectivity index (χ1) is 7.38. The zero-order valence-corrected chi connectivity index (χ0v) is 11.0. The predicted octanol–water partition coefficient (Wildman–Crippen LogP) is 2.01. The number of benzene rings is 1. The molecule has 0 spiro atoms. The van der Waals surface area contributed by atoms with Gasteiger partial charge in [-0.05, 0) is 17.7 Å². The molecule has 1 aromatic rings. The van der Waals surface area contributed by atoms with Gasteiger partial charge in [0.05, 0.1) is 0 Å². The van der Waals surface area contributed by atoms with Gasteiger partial charge in [0.25, 0.3) is 0 Å². The summed E-state index contributed by atoms with van der Waals surface area (Å²) in [4.78, 5) is 0. The highest BCUT2D eigenvalue weighted by molar-refractivity contribution is 9.11. The maximum atomic E-state index is 12.9. The number of halogens is 2. The summed E-state index contributed by atoms with van der Waals surface area (Å²) >= 11 is 2.93. The standard InChI is InChI=1S/C10H12BrFO3S/c1-2-16(14,15)10(11)9(13)7-4-3-5-8(12)6-7/h3-6,9-10,13H,2H2,1H3. The first-order valence-electron chi connectivity index (χ1n) is 4.67. The summed E-state index contributed by atoms with van der Waals surface area (Å²) in [5.74, 6) is -0.597. The molecule has 3 nitrogen and oxygen atoms in total. The number of sulfone groups is 1. The summed E-state index contributed by atoms with van der Waals surface area (Å²) in [5.41, 5.74) is 0.235. The molecule has 0 radical (unpaired) electrons. The molecule has 16 heavy (non-hydrogen) atoms. The molecular formula is C10H12BrFO3S. The molecular weight excluding hydrogens is 299 g/mol. The first kappa shape index (κ1) is 13.6. The van der Waals surface area contributed by atoms with Gasteiger partial charge in [-0.15, -0.1) is 0 Å². The molecule has 0 saturated heterocycles. The number of rotatable bonds is 4. The van der Waals surface area contributed by atoms with Crippen molar-refractivity contribution in [1.82, 2.24) is 0 Å². The zero-order valence-electron chi connectivity index (χ0n) is 8.60. The Morgan fingerprint density at radius 1 is 1.50 bits per heavy atom. The minimum Gasteiger partial charge on any atom is -0.386 e. The third-order valence-electron chi connectivity index (χ3n) is 2.18. The molecule has 0 aliphatic rings. The molecule has 6 heteroatoms. The number of alkyl halides is 1. The molecule has 0 amide bonds. The lowest BCUT2D eigenvalue weighted by atomic mass is 10.1. The summed E-state index contributed by atoms with van der Waals surface area (Å²) in [6.07, 6.45) is -1.28. The lowest BCUT2D eigenvalue weighted by Crippen LogP contribution is -2.24.